The number of hydrogen-bond acceptors (Lipinski definition) is 14. The Balaban J connectivity index is 0.000000296. The molecule has 14 nitrogen and oxygen atoms in total. The third kappa shape index (κ3) is 11.1. The van der Waals surface area contributed by atoms with E-state index >= 15 is 0 Å². The summed E-state index contributed by atoms with van der Waals surface area (Å²) in [5.74, 6) is -0.114. The van der Waals surface area contributed by atoms with Crippen LogP contribution in [-0.4, -0.2) is 87.3 Å². The van der Waals surface area contributed by atoms with Gasteiger partial charge >= 0.3 is 11.3 Å². The topological polar surface area (TPSA) is 200 Å². The highest BCUT2D eigenvalue weighted by molar-refractivity contribution is 6.02. The number of ketones is 2. The fourth-order valence-corrected chi connectivity index (χ4v) is 6.12. The second kappa shape index (κ2) is 20.9. The molecular formula is C41H51NO13. The maximum Gasteiger partial charge on any atom is 0.339 e. The summed E-state index contributed by atoms with van der Waals surface area (Å²) in [6.45, 7) is 6.79. The molecule has 0 amide bonds. The zero-order valence-electron chi connectivity index (χ0n) is 32.6. The van der Waals surface area contributed by atoms with Crippen LogP contribution in [-0.2, 0) is 27.2 Å². The molecule has 0 unspecified atom stereocenters. The summed E-state index contributed by atoms with van der Waals surface area (Å²) in [4.78, 5) is 73.7. The zero-order chi connectivity index (χ0) is 40.8. The summed E-state index contributed by atoms with van der Waals surface area (Å²) >= 11 is 0. The number of unbranched alkanes of at least 4 members (excludes halogenated alkanes) is 1. The molecule has 0 radical (unpaired) electrons. The first-order valence-corrected chi connectivity index (χ1v) is 18.1. The number of hydrogen-bond donors (Lipinski definition) is 2. The highest BCUT2D eigenvalue weighted by atomic mass is 16.5. The number of aldehydes is 2. The van der Waals surface area contributed by atoms with E-state index in [9.17, 15) is 39.0 Å². The molecule has 298 valence electrons. The molecule has 2 aromatic heterocycles. The van der Waals surface area contributed by atoms with E-state index in [0.29, 0.717) is 70.8 Å². The number of aryl methyl sites for hydroxylation is 2. The van der Waals surface area contributed by atoms with Crippen LogP contribution in [0.3, 0.4) is 0 Å². The lowest BCUT2D eigenvalue weighted by Gasteiger charge is -2.13. The lowest BCUT2D eigenvalue weighted by molar-refractivity contribution is -0.120. The molecule has 0 fully saturated rings. The second-order valence-corrected chi connectivity index (χ2v) is 13.4. The number of carbonyl (C=O) groups is 4. The number of phenolic OH excluding ortho intramolecular Hbond substituents is 2. The molecule has 0 saturated heterocycles. The van der Waals surface area contributed by atoms with Crippen LogP contribution in [0.15, 0.2) is 30.6 Å². The SMILES string of the molecule is CCCCC(=O)CCc1c(C)c2cc(OCCOC)c(O)c(C=O)c2oc1=O.COc1cc(O)c(C=O)c2oc(=O)c(CCC(=O)CCCN(C)C)c(C)c12. The van der Waals surface area contributed by atoms with Crippen molar-refractivity contribution in [3.05, 3.63) is 66.4 Å². The van der Waals surface area contributed by atoms with Crippen molar-refractivity contribution in [1.29, 1.82) is 0 Å². The Bertz CT molecular complexity index is 2130. The van der Waals surface area contributed by atoms with Crippen LogP contribution < -0.4 is 20.7 Å². The molecule has 14 heteroatoms. The van der Waals surface area contributed by atoms with E-state index in [-0.39, 0.29) is 83.4 Å². The van der Waals surface area contributed by atoms with Crippen molar-refractivity contribution < 1.29 is 52.4 Å². The van der Waals surface area contributed by atoms with Gasteiger partial charge in [0.05, 0.1) is 24.7 Å². The number of ether oxygens (including phenoxy) is 3. The molecule has 2 heterocycles. The maximum absolute atomic E-state index is 12.4. The van der Waals surface area contributed by atoms with Gasteiger partial charge in [-0.05, 0) is 77.4 Å². The summed E-state index contributed by atoms with van der Waals surface area (Å²) in [5.41, 5.74) is 0.498. The summed E-state index contributed by atoms with van der Waals surface area (Å²) in [7, 11) is 6.85. The van der Waals surface area contributed by atoms with Gasteiger partial charge < -0.3 is 38.2 Å². The van der Waals surface area contributed by atoms with Crippen LogP contribution >= 0.6 is 0 Å². The molecule has 0 atom stereocenters. The average molecular weight is 766 g/mol. The van der Waals surface area contributed by atoms with Gasteiger partial charge in [0, 0.05) is 55.4 Å². The average Bonchev–Trinajstić information content (AvgIpc) is 3.14. The zero-order valence-corrected chi connectivity index (χ0v) is 32.6. The Hall–Kier alpha value is -5.34. The minimum absolute atomic E-state index is 0.00888. The summed E-state index contributed by atoms with van der Waals surface area (Å²) < 4.78 is 26.3. The highest BCUT2D eigenvalue weighted by Gasteiger charge is 2.22. The van der Waals surface area contributed by atoms with Crippen molar-refractivity contribution in [2.45, 2.75) is 78.6 Å². The molecule has 4 rings (SSSR count). The van der Waals surface area contributed by atoms with Gasteiger partial charge in [-0.25, -0.2) is 9.59 Å². The Morgan fingerprint density at radius 2 is 1.36 bits per heavy atom. The van der Waals surface area contributed by atoms with Crippen LogP contribution in [0, 0.1) is 13.8 Å². The minimum atomic E-state index is -0.614. The summed E-state index contributed by atoms with van der Waals surface area (Å²) in [6, 6.07) is 2.85. The Labute approximate surface area is 319 Å². The van der Waals surface area contributed by atoms with Gasteiger partial charge in [0.15, 0.2) is 35.2 Å². The van der Waals surface area contributed by atoms with Gasteiger partial charge in [-0.3, -0.25) is 19.2 Å². The Morgan fingerprint density at radius 3 is 1.91 bits per heavy atom. The number of nitrogens with zero attached hydrogens (tertiary/aromatic N) is 1. The van der Waals surface area contributed by atoms with E-state index < -0.39 is 11.3 Å². The summed E-state index contributed by atoms with van der Waals surface area (Å²) in [5, 5.41) is 21.2. The largest absolute Gasteiger partial charge is 0.507 e. The quantitative estimate of drug-likeness (QED) is 0.0620. The monoisotopic (exact) mass is 765 g/mol. The molecule has 55 heavy (non-hydrogen) atoms. The van der Waals surface area contributed by atoms with Crippen molar-refractivity contribution in [3.8, 4) is 23.0 Å². The number of benzene rings is 2. The van der Waals surface area contributed by atoms with Crippen molar-refractivity contribution in [2.75, 3.05) is 48.1 Å². The van der Waals surface area contributed by atoms with Crippen molar-refractivity contribution in [3.63, 3.8) is 0 Å². The van der Waals surface area contributed by atoms with Crippen molar-refractivity contribution in [2.24, 2.45) is 0 Å². The van der Waals surface area contributed by atoms with E-state index in [1.807, 2.05) is 25.9 Å². The smallest absolute Gasteiger partial charge is 0.339 e. The van der Waals surface area contributed by atoms with Crippen LogP contribution in [0.4, 0.5) is 0 Å². The van der Waals surface area contributed by atoms with Gasteiger partial charge in [-0.1, -0.05) is 13.3 Å². The predicted molar refractivity (Wildman–Crippen MR) is 206 cm³/mol. The Morgan fingerprint density at radius 1 is 0.782 bits per heavy atom. The molecule has 2 aromatic carbocycles. The number of methoxy groups -OCH3 is 2. The van der Waals surface area contributed by atoms with Crippen LogP contribution in [0.1, 0.15) is 94.8 Å². The van der Waals surface area contributed by atoms with Gasteiger partial charge in [0.1, 0.15) is 35.2 Å². The molecule has 0 aliphatic rings. The lowest BCUT2D eigenvalue weighted by Crippen LogP contribution is -2.16. The third-order valence-electron chi connectivity index (χ3n) is 9.26. The normalized spacial score (nSPS) is 11.1. The molecular weight excluding hydrogens is 714 g/mol. The molecule has 0 bridgehead atoms. The predicted octanol–water partition coefficient (Wildman–Crippen LogP) is 5.81. The number of fused-ring (bicyclic) bond motifs is 2. The molecule has 4 aromatic rings. The standard InChI is InChI=1S/C21H26O7.C20H25NO6/c1-4-5-6-14(23)7-8-15-13(2)16-11-18(27-10-9-26-3)19(24)17(12-22)20(16)28-21(15)25;1-12-14(8-7-13(23)6-5-9-21(2)3)20(25)27-19-15(11-22)16(24)10-17(26-4)18(12)19/h11-12,24H,4-10H2,1-3H3;10-11,24H,5-9H2,1-4H3. The highest BCUT2D eigenvalue weighted by Crippen LogP contribution is 2.38. The van der Waals surface area contributed by atoms with E-state index in [4.69, 9.17) is 23.0 Å². The van der Waals surface area contributed by atoms with Crippen molar-refractivity contribution >= 4 is 46.1 Å². The van der Waals surface area contributed by atoms with Crippen LogP contribution in [0.5, 0.6) is 23.0 Å². The first-order chi connectivity index (χ1) is 26.2. The van der Waals surface area contributed by atoms with E-state index in [0.717, 1.165) is 25.8 Å². The van der Waals surface area contributed by atoms with Gasteiger partial charge in [-0.15, -0.1) is 0 Å². The molecule has 0 aliphatic heterocycles. The van der Waals surface area contributed by atoms with E-state index in [1.165, 1.54) is 26.4 Å². The van der Waals surface area contributed by atoms with Crippen molar-refractivity contribution in [1.82, 2.24) is 4.90 Å². The van der Waals surface area contributed by atoms with Crippen LogP contribution in [0.25, 0.3) is 21.9 Å². The van der Waals surface area contributed by atoms with Crippen LogP contribution in [0.2, 0.25) is 0 Å². The molecule has 0 aliphatic carbocycles. The first kappa shape index (κ1) is 44.1. The molecule has 0 spiro atoms. The second-order valence-electron chi connectivity index (χ2n) is 13.4. The fraction of sp³-hybridized carbons (Fsp3) is 0.463. The van der Waals surface area contributed by atoms with Gasteiger partial charge in [0.2, 0.25) is 0 Å². The molecule has 2 N–H and O–H groups in total. The van der Waals surface area contributed by atoms with Gasteiger partial charge in [0.25, 0.3) is 0 Å². The summed E-state index contributed by atoms with van der Waals surface area (Å²) in [6.07, 6.45) is 5.38. The lowest BCUT2D eigenvalue weighted by atomic mass is 9.98. The number of Topliss-reactive ketones (excluding diaryl/α,β-unsaturated/α-hetero) is 2. The molecule has 0 saturated carbocycles. The maximum atomic E-state index is 12.4. The minimum Gasteiger partial charge on any atom is -0.507 e. The number of carbonyl (C=O) groups excluding carboxylic acids is 4. The first-order valence-electron chi connectivity index (χ1n) is 18.1. The third-order valence-corrected chi connectivity index (χ3v) is 9.26. The Kier molecular flexibility index (Phi) is 16.8. The number of rotatable bonds is 20. The van der Waals surface area contributed by atoms with Gasteiger partial charge in [-0.2, -0.15) is 0 Å². The number of phenols is 2. The fourth-order valence-electron chi connectivity index (χ4n) is 6.12. The number of aromatic hydroxyl groups is 2. The van der Waals surface area contributed by atoms with E-state index in [2.05, 4.69) is 0 Å². The van der Waals surface area contributed by atoms with E-state index in [1.54, 1.807) is 13.8 Å².